The third-order valence-corrected chi connectivity index (χ3v) is 4.38. The van der Waals surface area contributed by atoms with Gasteiger partial charge in [-0.1, -0.05) is 35.9 Å². The van der Waals surface area contributed by atoms with Crippen LogP contribution in [0.15, 0.2) is 59.5 Å². The summed E-state index contributed by atoms with van der Waals surface area (Å²) in [5.41, 5.74) is 0.941. The molecule has 0 aliphatic heterocycles. The van der Waals surface area contributed by atoms with E-state index in [4.69, 9.17) is 21.1 Å². The molecule has 0 radical (unpaired) electrons. The zero-order chi connectivity index (χ0) is 21.7. The Kier molecular flexibility index (Phi) is 6.59. The van der Waals surface area contributed by atoms with Crippen molar-refractivity contribution in [2.24, 2.45) is 0 Å². The Morgan fingerprint density at radius 3 is 2.40 bits per heavy atom. The number of benzene rings is 2. The van der Waals surface area contributed by atoms with Gasteiger partial charge in [-0.25, -0.2) is 0 Å². The van der Waals surface area contributed by atoms with Gasteiger partial charge in [0.05, 0.1) is 24.6 Å². The maximum Gasteiger partial charge on any atom is 0.272 e. The number of aliphatic hydroxyl groups is 1. The van der Waals surface area contributed by atoms with Crippen LogP contribution in [0.1, 0.15) is 25.0 Å². The molecule has 0 amide bonds. The molecule has 30 heavy (non-hydrogen) atoms. The van der Waals surface area contributed by atoms with Crippen LogP contribution >= 0.6 is 11.6 Å². The fourth-order valence-electron chi connectivity index (χ4n) is 2.64. The zero-order valence-corrected chi connectivity index (χ0v) is 17.8. The lowest BCUT2D eigenvalue weighted by molar-refractivity contribution is 0.0276. The van der Waals surface area contributed by atoms with Gasteiger partial charge in [-0.2, -0.15) is 9.78 Å². The van der Waals surface area contributed by atoms with Crippen molar-refractivity contribution in [2.75, 3.05) is 13.7 Å². The second kappa shape index (κ2) is 9.15. The van der Waals surface area contributed by atoms with Crippen LogP contribution in [-0.2, 0) is 0 Å². The van der Waals surface area contributed by atoms with Gasteiger partial charge in [-0.15, -0.1) is 0 Å². The summed E-state index contributed by atoms with van der Waals surface area (Å²) in [7, 11) is 1.51. The first-order valence-corrected chi connectivity index (χ1v) is 9.69. The van der Waals surface area contributed by atoms with Crippen molar-refractivity contribution in [3.05, 3.63) is 81.2 Å². The molecule has 0 atom stereocenters. The molecule has 0 unspecified atom stereocenters. The minimum atomic E-state index is -0.975. The maximum absolute atomic E-state index is 12.6. The van der Waals surface area contributed by atoms with E-state index in [1.54, 1.807) is 50.4 Å². The van der Waals surface area contributed by atoms with Crippen LogP contribution in [0.3, 0.4) is 0 Å². The molecule has 3 aromatic rings. The van der Waals surface area contributed by atoms with Gasteiger partial charge in [0.1, 0.15) is 6.61 Å². The number of halogens is 1. The van der Waals surface area contributed by atoms with Crippen molar-refractivity contribution < 1.29 is 14.6 Å². The van der Waals surface area contributed by atoms with Gasteiger partial charge in [0.2, 0.25) is 0 Å². The molecule has 0 fully saturated rings. The van der Waals surface area contributed by atoms with Crippen LogP contribution in [0.5, 0.6) is 11.5 Å². The molecule has 0 aliphatic rings. The average Bonchev–Trinajstić information content (AvgIpc) is 2.71. The summed E-state index contributed by atoms with van der Waals surface area (Å²) in [6.45, 7) is 3.41. The fraction of sp³-hybridized carbons (Fsp3) is 0.217. The molecule has 156 valence electrons. The lowest BCUT2D eigenvalue weighted by Gasteiger charge is -2.19. The predicted octanol–water partition coefficient (Wildman–Crippen LogP) is 4.21. The summed E-state index contributed by atoms with van der Waals surface area (Å²) < 4.78 is 12.3. The summed E-state index contributed by atoms with van der Waals surface area (Å²) >= 11 is 5.89. The number of methoxy groups -OCH3 is 1. The quantitative estimate of drug-likeness (QED) is 0.612. The maximum atomic E-state index is 12.6. The molecule has 1 N–H and O–H groups in total. The minimum Gasteiger partial charge on any atom is -0.493 e. The van der Waals surface area contributed by atoms with E-state index in [0.717, 1.165) is 5.56 Å². The Morgan fingerprint density at radius 2 is 1.77 bits per heavy atom. The molecule has 1 aromatic heterocycles. The van der Waals surface area contributed by atoms with Crippen molar-refractivity contribution in [1.29, 1.82) is 0 Å². The molecular formula is C23H23ClN2O4. The SMILES string of the molecule is COc1cc(-n2ncc(/C=C/c3ccc(Cl)cc3)cc2=O)ccc1OCC(C)(C)O. The Bertz CT molecular complexity index is 1100. The molecule has 6 nitrogen and oxygen atoms in total. The van der Waals surface area contributed by atoms with Crippen molar-refractivity contribution in [2.45, 2.75) is 19.4 Å². The molecule has 1 heterocycles. The molecule has 0 aliphatic carbocycles. The zero-order valence-electron chi connectivity index (χ0n) is 17.0. The van der Waals surface area contributed by atoms with Crippen LogP contribution in [0.4, 0.5) is 0 Å². The molecule has 7 heteroatoms. The van der Waals surface area contributed by atoms with Gasteiger partial charge in [-0.3, -0.25) is 4.79 Å². The monoisotopic (exact) mass is 426 g/mol. The second-order valence-corrected chi connectivity index (χ2v) is 7.80. The third-order valence-electron chi connectivity index (χ3n) is 4.13. The minimum absolute atomic E-state index is 0.107. The molecule has 2 aromatic carbocycles. The summed E-state index contributed by atoms with van der Waals surface area (Å²) in [4.78, 5) is 12.6. The molecule has 0 saturated heterocycles. The highest BCUT2D eigenvalue weighted by molar-refractivity contribution is 6.30. The lowest BCUT2D eigenvalue weighted by Crippen LogP contribution is -2.28. The second-order valence-electron chi connectivity index (χ2n) is 7.36. The van der Waals surface area contributed by atoms with Gasteiger partial charge < -0.3 is 14.6 Å². The Morgan fingerprint density at radius 1 is 1.07 bits per heavy atom. The van der Waals surface area contributed by atoms with E-state index in [-0.39, 0.29) is 12.2 Å². The van der Waals surface area contributed by atoms with E-state index in [1.807, 2.05) is 24.3 Å². The lowest BCUT2D eigenvalue weighted by atomic mass is 10.1. The largest absolute Gasteiger partial charge is 0.493 e. The molecule has 0 spiro atoms. The van der Waals surface area contributed by atoms with Crippen LogP contribution in [0, 0.1) is 0 Å². The van der Waals surface area contributed by atoms with Crippen LogP contribution in [-0.4, -0.2) is 34.2 Å². The van der Waals surface area contributed by atoms with E-state index in [9.17, 15) is 9.90 Å². The summed E-state index contributed by atoms with van der Waals surface area (Å²) in [5.74, 6) is 0.913. The van der Waals surface area contributed by atoms with Crippen LogP contribution in [0.2, 0.25) is 5.02 Å². The van der Waals surface area contributed by atoms with Crippen molar-refractivity contribution in [3.63, 3.8) is 0 Å². The van der Waals surface area contributed by atoms with Crippen molar-refractivity contribution in [1.82, 2.24) is 9.78 Å². The Balaban J connectivity index is 1.82. The average molecular weight is 427 g/mol. The summed E-state index contributed by atoms with van der Waals surface area (Å²) in [5, 5.41) is 14.8. The normalized spacial score (nSPS) is 11.6. The van der Waals surface area contributed by atoms with Crippen molar-refractivity contribution in [3.8, 4) is 17.2 Å². The smallest absolute Gasteiger partial charge is 0.272 e. The van der Waals surface area contributed by atoms with E-state index >= 15 is 0 Å². The molecule has 3 rings (SSSR count). The molecule has 0 saturated carbocycles. The van der Waals surface area contributed by atoms with E-state index < -0.39 is 5.60 Å². The van der Waals surface area contributed by atoms with Crippen LogP contribution < -0.4 is 15.0 Å². The Hall–Kier alpha value is -3.09. The van der Waals surface area contributed by atoms with Gasteiger partial charge in [0, 0.05) is 22.7 Å². The number of rotatable bonds is 7. The van der Waals surface area contributed by atoms with Crippen molar-refractivity contribution >= 4 is 23.8 Å². The van der Waals surface area contributed by atoms with E-state index in [2.05, 4.69) is 5.10 Å². The highest BCUT2D eigenvalue weighted by Crippen LogP contribution is 2.29. The number of aromatic nitrogens is 2. The summed E-state index contributed by atoms with van der Waals surface area (Å²) in [6.07, 6.45) is 5.31. The van der Waals surface area contributed by atoms with Gasteiger partial charge in [0.25, 0.3) is 5.56 Å². The number of hydrogen-bond donors (Lipinski definition) is 1. The summed E-state index contributed by atoms with van der Waals surface area (Å²) in [6, 6.07) is 14.0. The van der Waals surface area contributed by atoms with Gasteiger partial charge in [0.15, 0.2) is 11.5 Å². The van der Waals surface area contributed by atoms with Gasteiger partial charge in [-0.05, 0) is 43.7 Å². The number of nitrogens with zero attached hydrogens (tertiary/aromatic N) is 2. The van der Waals surface area contributed by atoms with Crippen LogP contribution in [0.25, 0.3) is 17.8 Å². The fourth-order valence-corrected chi connectivity index (χ4v) is 2.76. The molecular weight excluding hydrogens is 404 g/mol. The highest BCUT2D eigenvalue weighted by atomic mass is 35.5. The Labute approximate surface area is 180 Å². The predicted molar refractivity (Wildman–Crippen MR) is 119 cm³/mol. The van der Waals surface area contributed by atoms with E-state index in [0.29, 0.717) is 27.8 Å². The first-order chi connectivity index (χ1) is 14.2. The standard InChI is InChI=1S/C23H23ClN2O4/c1-23(2,28)15-30-20-11-10-19(13-21(20)29-3)26-22(27)12-17(14-25-26)5-4-16-6-8-18(24)9-7-16/h4-14,28H,15H2,1-3H3/b5-4+. The number of hydrogen-bond acceptors (Lipinski definition) is 5. The third kappa shape index (κ3) is 5.72. The first kappa shape index (κ1) is 21.6. The highest BCUT2D eigenvalue weighted by Gasteiger charge is 2.16. The molecule has 0 bridgehead atoms. The number of ether oxygens (including phenoxy) is 2. The van der Waals surface area contributed by atoms with E-state index in [1.165, 1.54) is 17.9 Å². The first-order valence-electron chi connectivity index (χ1n) is 9.32. The van der Waals surface area contributed by atoms with Gasteiger partial charge >= 0.3 is 0 Å². The topological polar surface area (TPSA) is 73.6 Å².